The second kappa shape index (κ2) is 22.1. The minimum atomic E-state index is -1.38. The van der Waals surface area contributed by atoms with Crippen LogP contribution in [-0.2, 0) is 19.1 Å². The molecule has 258 valence electrons. The highest BCUT2D eigenvalue weighted by molar-refractivity contribution is 7.99. The first-order valence-electron chi connectivity index (χ1n) is 17.5. The first-order valence-corrected chi connectivity index (χ1v) is 19.2. The lowest BCUT2D eigenvalue weighted by molar-refractivity contribution is -0.218. The standard InChI is InChI=1S/C34H63ClN2O6S/c1-6-8-9-10-11-12-13-14-15-16-17-18-19-21-27(38)42-32-30(40)29(39)31(43-34(32)44-5)28(24(3)35)36-33(41)26-22-25(20-7-2)23-37(26)4/h24-26,28-32,34,39-40H,6-23H2,1-5H3,(H,36,41)/t24?,25-,26+,28?,29-,30+,31?,32?,34-/m1/s1. The lowest BCUT2D eigenvalue weighted by atomic mass is 9.92. The molecule has 8 nitrogen and oxygen atoms in total. The molecule has 4 unspecified atom stereocenters. The molecule has 0 saturated carbocycles. The highest BCUT2D eigenvalue weighted by Gasteiger charge is 2.50. The number of halogens is 1. The van der Waals surface area contributed by atoms with Crippen molar-refractivity contribution in [1.29, 1.82) is 0 Å². The fourth-order valence-electron chi connectivity index (χ4n) is 6.72. The van der Waals surface area contributed by atoms with Crippen molar-refractivity contribution in [3.8, 4) is 0 Å². The van der Waals surface area contributed by atoms with E-state index in [-0.39, 0.29) is 18.4 Å². The van der Waals surface area contributed by atoms with E-state index >= 15 is 0 Å². The number of ether oxygens (including phenoxy) is 2. The molecule has 0 bridgehead atoms. The average molecular weight is 663 g/mol. The minimum Gasteiger partial charge on any atom is -0.456 e. The second-order valence-electron chi connectivity index (χ2n) is 13.2. The van der Waals surface area contributed by atoms with Crippen LogP contribution < -0.4 is 5.32 Å². The molecular formula is C34H63ClN2O6S. The number of nitrogens with zero attached hydrogens (tertiary/aromatic N) is 1. The van der Waals surface area contributed by atoms with E-state index in [9.17, 15) is 19.8 Å². The summed E-state index contributed by atoms with van der Waals surface area (Å²) in [6.07, 6.45) is 16.3. The van der Waals surface area contributed by atoms with Crippen LogP contribution in [0.4, 0.5) is 0 Å². The summed E-state index contributed by atoms with van der Waals surface area (Å²) in [5, 5.41) is 24.6. The summed E-state index contributed by atoms with van der Waals surface area (Å²) >= 11 is 7.82. The second-order valence-corrected chi connectivity index (χ2v) is 14.8. The quantitative estimate of drug-likeness (QED) is 0.0693. The molecule has 2 saturated heterocycles. The monoisotopic (exact) mass is 662 g/mol. The highest BCUT2D eigenvalue weighted by Crippen LogP contribution is 2.33. The maximum atomic E-state index is 13.3. The molecule has 0 aromatic rings. The molecule has 0 aromatic carbocycles. The molecule has 2 rings (SSSR count). The Hall–Kier alpha value is -0.580. The Labute approximate surface area is 277 Å². The van der Waals surface area contributed by atoms with Gasteiger partial charge in [0.05, 0.1) is 17.5 Å². The molecule has 0 spiro atoms. The maximum Gasteiger partial charge on any atom is 0.306 e. The van der Waals surface area contributed by atoms with Gasteiger partial charge in [-0.05, 0) is 45.4 Å². The van der Waals surface area contributed by atoms with Crippen molar-refractivity contribution in [3.63, 3.8) is 0 Å². The molecule has 0 aromatic heterocycles. The van der Waals surface area contributed by atoms with Gasteiger partial charge in [0, 0.05) is 13.0 Å². The van der Waals surface area contributed by atoms with Gasteiger partial charge in [0.1, 0.15) is 23.7 Å². The van der Waals surface area contributed by atoms with Crippen molar-refractivity contribution in [1.82, 2.24) is 10.2 Å². The largest absolute Gasteiger partial charge is 0.456 e. The zero-order valence-corrected chi connectivity index (χ0v) is 29.8. The van der Waals surface area contributed by atoms with E-state index in [1.165, 1.54) is 76.0 Å². The van der Waals surface area contributed by atoms with Crippen LogP contribution in [0.2, 0.25) is 0 Å². The number of thioether (sulfide) groups is 1. The number of nitrogens with one attached hydrogen (secondary N) is 1. The van der Waals surface area contributed by atoms with Gasteiger partial charge in [-0.2, -0.15) is 0 Å². The molecule has 10 heteroatoms. The van der Waals surface area contributed by atoms with Gasteiger partial charge in [-0.25, -0.2) is 0 Å². The van der Waals surface area contributed by atoms with Crippen LogP contribution in [0.5, 0.6) is 0 Å². The van der Waals surface area contributed by atoms with Gasteiger partial charge in [-0.3, -0.25) is 14.5 Å². The number of carbonyl (C=O) groups is 2. The molecule has 0 radical (unpaired) electrons. The number of aliphatic hydroxyl groups is 2. The van der Waals surface area contributed by atoms with E-state index in [0.717, 1.165) is 45.1 Å². The van der Waals surface area contributed by atoms with Crippen LogP contribution in [0, 0.1) is 5.92 Å². The number of esters is 1. The molecule has 2 aliphatic rings. The number of rotatable bonds is 22. The third-order valence-electron chi connectivity index (χ3n) is 9.36. The average Bonchev–Trinajstić information content (AvgIpc) is 3.36. The highest BCUT2D eigenvalue weighted by atomic mass is 35.5. The Morgan fingerprint density at radius 3 is 2.05 bits per heavy atom. The number of likely N-dealkylation sites (tertiary alicyclic amines) is 1. The van der Waals surface area contributed by atoms with Gasteiger partial charge in [-0.1, -0.05) is 97.3 Å². The third-order valence-corrected chi connectivity index (χ3v) is 10.5. The molecule has 0 aliphatic carbocycles. The lowest BCUT2D eigenvalue weighted by Gasteiger charge is -2.45. The molecule has 2 aliphatic heterocycles. The normalized spacial score (nSPS) is 29.0. The Kier molecular flexibility index (Phi) is 19.9. The first-order chi connectivity index (χ1) is 21.1. The van der Waals surface area contributed by atoms with Crippen LogP contribution in [0.25, 0.3) is 0 Å². The predicted molar refractivity (Wildman–Crippen MR) is 181 cm³/mol. The Bertz CT molecular complexity index is 806. The zero-order valence-electron chi connectivity index (χ0n) is 28.2. The third kappa shape index (κ3) is 13.3. The van der Waals surface area contributed by atoms with Crippen LogP contribution in [0.1, 0.15) is 130 Å². The number of hydrogen-bond donors (Lipinski definition) is 3. The van der Waals surface area contributed by atoms with Crippen molar-refractivity contribution in [3.05, 3.63) is 0 Å². The molecule has 2 heterocycles. The summed E-state index contributed by atoms with van der Waals surface area (Å²) in [6, 6.07) is -1.00. The number of aliphatic hydroxyl groups excluding tert-OH is 2. The molecular weight excluding hydrogens is 600 g/mol. The van der Waals surface area contributed by atoms with Crippen LogP contribution in [0.15, 0.2) is 0 Å². The number of likely N-dealkylation sites (N-methyl/N-ethyl adjacent to an activating group) is 1. The Morgan fingerprint density at radius 1 is 0.955 bits per heavy atom. The fraction of sp³-hybridized carbons (Fsp3) is 0.941. The molecule has 2 fully saturated rings. The summed E-state index contributed by atoms with van der Waals surface area (Å²) in [7, 11) is 1.95. The summed E-state index contributed by atoms with van der Waals surface area (Å²) in [4.78, 5) is 28.0. The molecule has 1 amide bonds. The van der Waals surface area contributed by atoms with Gasteiger partial charge < -0.3 is 25.0 Å². The van der Waals surface area contributed by atoms with Crippen LogP contribution in [-0.4, -0.2) is 94.2 Å². The molecule has 3 N–H and O–H groups in total. The van der Waals surface area contributed by atoms with Crippen molar-refractivity contribution < 1.29 is 29.3 Å². The predicted octanol–water partition coefficient (Wildman–Crippen LogP) is 6.42. The molecule has 9 atom stereocenters. The zero-order chi connectivity index (χ0) is 32.5. The summed E-state index contributed by atoms with van der Waals surface area (Å²) in [6.45, 7) is 7.01. The summed E-state index contributed by atoms with van der Waals surface area (Å²) in [5.74, 6) is -0.0742. The van der Waals surface area contributed by atoms with E-state index in [1.807, 2.05) is 7.05 Å². The first kappa shape index (κ1) is 39.6. The van der Waals surface area contributed by atoms with E-state index in [4.69, 9.17) is 21.1 Å². The number of amides is 1. The van der Waals surface area contributed by atoms with E-state index < -0.39 is 47.2 Å². The smallest absolute Gasteiger partial charge is 0.306 e. The van der Waals surface area contributed by atoms with Crippen LogP contribution in [0.3, 0.4) is 0 Å². The topological polar surface area (TPSA) is 108 Å². The summed E-state index contributed by atoms with van der Waals surface area (Å²) in [5.41, 5.74) is -0.702. The van der Waals surface area contributed by atoms with E-state index in [1.54, 1.807) is 13.2 Å². The van der Waals surface area contributed by atoms with Gasteiger partial charge in [-0.15, -0.1) is 23.4 Å². The number of carbonyl (C=O) groups excluding carboxylic acids is 2. The fourth-order valence-corrected chi connectivity index (χ4v) is 7.65. The summed E-state index contributed by atoms with van der Waals surface area (Å²) < 4.78 is 11.9. The van der Waals surface area contributed by atoms with Crippen molar-refractivity contribution in [2.45, 2.75) is 177 Å². The van der Waals surface area contributed by atoms with E-state index in [0.29, 0.717) is 5.92 Å². The van der Waals surface area contributed by atoms with E-state index in [2.05, 4.69) is 24.1 Å². The number of unbranched alkanes of at least 4 members (excludes halogenated alkanes) is 12. The van der Waals surface area contributed by atoms with Crippen LogP contribution >= 0.6 is 23.4 Å². The maximum absolute atomic E-state index is 13.3. The number of alkyl halides is 1. The van der Waals surface area contributed by atoms with Gasteiger partial charge >= 0.3 is 5.97 Å². The SMILES string of the molecule is CCCCCCCCCCCCCCCC(=O)OC1[C@@H](SC)OC(C(NC(=O)[C@@H]2C[C@@H](CCC)CN2C)C(C)Cl)[C@H](O)[C@@H]1O. The number of hydrogen-bond acceptors (Lipinski definition) is 8. The van der Waals surface area contributed by atoms with Crippen molar-refractivity contribution >= 4 is 35.2 Å². The van der Waals surface area contributed by atoms with Crippen molar-refractivity contribution in [2.75, 3.05) is 19.8 Å². The Morgan fingerprint density at radius 2 is 1.52 bits per heavy atom. The van der Waals surface area contributed by atoms with Gasteiger partial charge in [0.25, 0.3) is 0 Å². The Balaban J connectivity index is 1.76. The lowest BCUT2D eigenvalue weighted by Crippen LogP contribution is -2.65. The molecule has 44 heavy (non-hydrogen) atoms. The van der Waals surface area contributed by atoms with Crippen molar-refractivity contribution in [2.24, 2.45) is 5.92 Å². The minimum absolute atomic E-state index is 0.152. The van der Waals surface area contributed by atoms with Gasteiger partial charge in [0.2, 0.25) is 5.91 Å². The van der Waals surface area contributed by atoms with Gasteiger partial charge in [0.15, 0.2) is 6.10 Å².